The summed E-state index contributed by atoms with van der Waals surface area (Å²) < 4.78 is 338. The molecule has 0 bridgehead atoms. The van der Waals surface area contributed by atoms with Crippen LogP contribution in [-0.2, 0) is 27.1 Å². The van der Waals surface area contributed by atoms with Crippen molar-refractivity contribution in [1.82, 2.24) is 0 Å². The summed E-state index contributed by atoms with van der Waals surface area (Å²) in [4.78, 5) is 0. The first-order valence-electron chi connectivity index (χ1n) is 9.14. The molecule has 0 fully saturated rings. The van der Waals surface area contributed by atoms with Gasteiger partial charge in [-0.15, -0.1) is 106 Å². The van der Waals surface area contributed by atoms with E-state index in [0.717, 1.165) is 27.1 Å². The number of hydrogen-bond donors (Lipinski definition) is 0. The second-order valence-corrected chi connectivity index (χ2v) is 17.7. The third-order valence-corrected chi connectivity index (χ3v) is 15.9. The molecule has 0 N–H and O–H groups in total. The van der Waals surface area contributed by atoms with Crippen molar-refractivity contribution in [3.05, 3.63) is 0 Å². The van der Waals surface area contributed by atoms with Crippen molar-refractivity contribution in [2.24, 2.45) is 27.1 Å². The first kappa shape index (κ1) is 45.5. The fraction of sp³-hybridized carbons (Fsp3) is 1.00. The molecule has 0 aromatic rings. The average Bonchev–Trinajstić information content (AvgIpc) is 2.52. The highest BCUT2D eigenvalue weighted by Crippen LogP contribution is 2.84. The molecule has 0 saturated heterocycles. The third-order valence-electron chi connectivity index (χ3n) is 2.64. The Kier molecular flexibility index (Phi) is 13.1. The number of halogens is 24. The molecular weight excluding hydrogens is 894 g/mol. The minimum atomic E-state index is -8.65. The van der Waals surface area contributed by atoms with Gasteiger partial charge in [0.1, 0.15) is 0 Å². The zero-order valence-corrected chi connectivity index (χ0v) is 25.3. The van der Waals surface area contributed by atoms with Crippen LogP contribution in [0.15, 0.2) is 27.1 Å². The maximum Gasteiger partial charge on any atom is 0.530 e. The fourth-order valence-corrected chi connectivity index (χ4v) is 14.6. The molecule has 0 amide bonds. The van der Waals surface area contributed by atoms with Gasteiger partial charge in [-0.25, -0.2) is 27.1 Å². The lowest BCUT2D eigenvalue weighted by molar-refractivity contribution is -0.277. The van der Waals surface area contributed by atoms with Crippen molar-refractivity contribution in [2.45, 2.75) is 38.2 Å². The molecule has 0 aliphatic carbocycles. The highest BCUT2D eigenvalue weighted by Gasteiger charge is 2.55. The standard InChI is InChI=1S/C6F24N6O6P6/c7-1(8,9)37-43(25)31-44(26,38-2(10,11)12)33-46(28,40-4(16,17)18)35-48(30,42-6(22,23)24)36-47(29,41-5(19,20)21)34-45(27,32-43)39-3(13,14)15. The highest BCUT2D eigenvalue weighted by atomic mass is 31.3. The Balaban J connectivity index is 5.05. The van der Waals surface area contributed by atoms with Crippen LogP contribution in [0.1, 0.15) is 0 Å². The van der Waals surface area contributed by atoms with Gasteiger partial charge >= 0.3 is 84.6 Å². The molecule has 1 aliphatic rings. The van der Waals surface area contributed by atoms with Gasteiger partial charge in [0, 0.05) is 0 Å². The summed E-state index contributed by atoms with van der Waals surface area (Å²) in [7, 11) is -51.9. The van der Waals surface area contributed by atoms with Crippen LogP contribution in [0.5, 0.6) is 0 Å². The lowest BCUT2D eigenvalue weighted by Gasteiger charge is -2.24. The molecule has 0 radical (unpaired) electrons. The minimum absolute atomic E-state index is 0.795. The SMILES string of the molecule is FC(F)(F)OP1(F)=NP(F)(OC(F)(F)F)=NP(F)(OC(F)(F)F)=NP(F)(OC(F)(F)F)=NP(F)(OC(F)(F)F)=NP(F)(OC(F)(F)F)=N1. The summed E-state index contributed by atoms with van der Waals surface area (Å²) in [6.45, 7) is 0. The van der Waals surface area contributed by atoms with Crippen LogP contribution in [0.4, 0.5) is 104 Å². The van der Waals surface area contributed by atoms with Gasteiger partial charge < -0.3 is 0 Å². The van der Waals surface area contributed by atoms with Crippen molar-refractivity contribution in [2.75, 3.05) is 0 Å². The van der Waals surface area contributed by atoms with Crippen molar-refractivity contribution in [1.29, 1.82) is 0 Å². The van der Waals surface area contributed by atoms with Crippen LogP contribution in [0, 0.1) is 0 Å². The van der Waals surface area contributed by atoms with E-state index in [4.69, 9.17) is 0 Å². The van der Waals surface area contributed by atoms with Crippen LogP contribution >= 0.6 is 46.5 Å². The Bertz CT molecular complexity index is 1220. The first-order valence-corrected chi connectivity index (χ1v) is 18.2. The predicted octanol–water partition coefficient (Wildman–Crippen LogP) is 14.7. The summed E-state index contributed by atoms with van der Waals surface area (Å²) in [6, 6.07) is 0. The van der Waals surface area contributed by atoms with Crippen molar-refractivity contribution >= 4 is 46.5 Å². The van der Waals surface area contributed by atoms with Gasteiger partial charge in [-0.1, -0.05) is 0 Å². The van der Waals surface area contributed by atoms with E-state index in [1.807, 2.05) is 0 Å². The van der Waals surface area contributed by atoms with E-state index in [9.17, 15) is 79.0 Å². The van der Waals surface area contributed by atoms with Crippen molar-refractivity contribution < 1.29 is 131 Å². The molecule has 0 atom stereocenters. The van der Waals surface area contributed by atoms with Gasteiger partial charge in [0.15, 0.2) is 0 Å². The molecule has 288 valence electrons. The molecular formula is C6F24N6O6P6. The second kappa shape index (κ2) is 13.8. The quantitative estimate of drug-likeness (QED) is 0.193. The highest BCUT2D eigenvalue weighted by molar-refractivity contribution is 7.78. The van der Waals surface area contributed by atoms with Crippen LogP contribution in [0.3, 0.4) is 0 Å². The zero-order valence-electron chi connectivity index (χ0n) is 19.9. The van der Waals surface area contributed by atoms with Gasteiger partial charge in [0.25, 0.3) is 0 Å². The summed E-state index contributed by atoms with van der Waals surface area (Å²) in [5, 5.41) is 0. The lowest BCUT2D eigenvalue weighted by atomic mass is 11.4. The first-order chi connectivity index (χ1) is 20.5. The Morgan fingerprint density at radius 1 is 0.229 bits per heavy atom. The number of hydrogen-bond acceptors (Lipinski definition) is 12. The van der Waals surface area contributed by atoms with Gasteiger partial charge in [-0.2, -0.15) is 25.2 Å². The smallest absolute Gasteiger partial charge is 0.207 e. The van der Waals surface area contributed by atoms with Gasteiger partial charge in [-0.3, -0.25) is 0 Å². The molecule has 0 unspecified atom stereocenters. The van der Waals surface area contributed by atoms with E-state index in [0.29, 0.717) is 0 Å². The van der Waals surface area contributed by atoms with Crippen molar-refractivity contribution in [3.8, 4) is 0 Å². The maximum absolute atomic E-state index is 15.1. The Morgan fingerprint density at radius 2 is 0.312 bits per heavy atom. The van der Waals surface area contributed by atoms with E-state index in [2.05, 4.69) is 27.1 Å². The normalized spacial score (nSPS) is 35.0. The third kappa shape index (κ3) is 17.6. The Labute approximate surface area is 244 Å². The van der Waals surface area contributed by atoms with Gasteiger partial charge in [0.2, 0.25) is 0 Å². The summed E-state index contributed by atoms with van der Waals surface area (Å²) in [5.41, 5.74) is 0. The largest absolute Gasteiger partial charge is 0.530 e. The van der Waals surface area contributed by atoms with Gasteiger partial charge in [0.05, 0.1) is 0 Å². The lowest BCUT2D eigenvalue weighted by Crippen LogP contribution is -2.13. The molecule has 1 aliphatic heterocycles. The van der Waals surface area contributed by atoms with Gasteiger partial charge in [-0.05, 0) is 0 Å². The number of rotatable bonds is 6. The summed E-state index contributed by atoms with van der Waals surface area (Å²) >= 11 is 0. The Hall–Kier alpha value is -0.540. The van der Waals surface area contributed by atoms with Crippen molar-refractivity contribution in [3.63, 3.8) is 0 Å². The maximum atomic E-state index is 15.1. The van der Waals surface area contributed by atoms with Crippen LogP contribution in [0.25, 0.3) is 0 Å². The molecule has 0 aromatic heterocycles. The average molecular weight is 894 g/mol. The zero-order chi connectivity index (χ0) is 38.5. The minimum Gasteiger partial charge on any atom is -0.207 e. The monoisotopic (exact) mass is 894 g/mol. The molecule has 42 heteroatoms. The van der Waals surface area contributed by atoms with Crippen LogP contribution in [0.2, 0.25) is 0 Å². The molecule has 0 saturated carbocycles. The van der Waals surface area contributed by atoms with E-state index < -0.39 is 84.6 Å². The van der Waals surface area contributed by atoms with E-state index in [1.165, 1.54) is 0 Å². The Morgan fingerprint density at radius 3 is 0.375 bits per heavy atom. The second-order valence-electron chi connectivity index (χ2n) is 6.60. The summed E-state index contributed by atoms with van der Waals surface area (Å²) in [5.74, 6) is 0. The fourth-order valence-electron chi connectivity index (χ4n) is 1.93. The molecule has 1 rings (SSSR count). The van der Waals surface area contributed by atoms with E-state index >= 15 is 25.2 Å². The van der Waals surface area contributed by atoms with E-state index in [-0.39, 0.29) is 0 Å². The van der Waals surface area contributed by atoms with Crippen LogP contribution < -0.4 is 0 Å². The molecule has 1 heterocycles. The molecule has 48 heavy (non-hydrogen) atoms. The molecule has 12 nitrogen and oxygen atoms in total. The number of alkyl halides is 18. The molecule has 0 aromatic carbocycles. The number of nitrogens with zero attached hydrogens (tertiary/aromatic N) is 6. The van der Waals surface area contributed by atoms with Crippen LogP contribution in [-0.4, -0.2) is 38.2 Å². The predicted molar refractivity (Wildman–Crippen MR) is 106 cm³/mol. The molecule has 0 spiro atoms. The summed E-state index contributed by atoms with van der Waals surface area (Å²) in [6.07, 6.45) is -42.7. The topological polar surface area (TPSA) is 130 Å². The van der Waals surface area contributed by atoms with E-state index in [1.54, 1.807) is 0 Å².